The van der Waals surface area contributed by atoms with Gasteiger partial charge in [-0.3, -0.25) is 9.59 Å². The number of alkyl halides is 3. The van der Waals surface area contributed by atoms with Gasteiger partial charge in [-0.25, -0.2) is 9.97 Å². The second-order valence-corrected chi connectivity index (χ2v) is 9.78. The molecule has 2 N–H and O–H groups in total. The second-order valence-electron chi connectivity index (χ2n) is 9.34. The minimum atomic E-state index is -4.53. The lowest BCUT2D eigenvalue weighted by Crippen LogP contribution is -2.35. The van der Waals surface area contributed by atoms with Gasteiger partial charge in [-0.2, -0.15) is 13.2 Å². The van der Waals surface area contributed by atoms with Gasteiger partial charge in [0.15, 0.2) is 11.6 Å². The molecular formula is C24H28ClF3N6O2. The van der Waals surface area contributed by atoms with Crippen molar-refractivity contribution >= 4 is 35.1 Å². The number of anilines is 2. The Morgan fingerprint density at radius 3 is 2.78 bits per heavy atom. The second kappa shape index (κ2) is 10.5. The van der Waals surface area contributed by atoms with Crippen molar-refractivity contribution in [3.05, 3.63) is 46.2 Å². The third kappa shape index (κ3) is 5.83. The van der Waals surface area contributed by atoms with Crippen LogP contribution in [0.15, 0.2) is 24.4 Å². The molecule has 194 valence electrons. The Labute approximate surface area is 212 Å². The maximum absolute atomic E-state index is 13.6. The van der Waals surface area contributed by atoms with E-state index in [4.69, 9.17) is 11.6 Å². The topological polar surface area (TPSA) is 90.5 Å². The van der Waals surface area contributed by atoms with Gasteiger partial charge in [0.05, 0.1) is 11.8 Å². The number of hydrogen-bond acceptors (Lipinski definition) is 6. The van der Waals surface area contributed by atoms with Gasteiger partial charge in [0.1, 0.15) is 5.69 Å². The molecule has 1 aliphatic carbocycles. The van der Waals surface area contributed by atoms with Crippen molar-refractivity contribution in [2.45, 2.75) is 44.4 Å². The fourth-order valence-corrected chi connectivity index (χ4v) is 4.90. The zero-order valence-electron chi connectivity index (χ0n) is 20.0. The fourth-order valence-electron chi connectivity index (χ4n) is 4.71. The number of fused-ring (bicyclic) bond motifs is 1. The van der Waals surface area contributed by atoms with E-state index in [0.717, 1.165) is 6.07 Å². The highest BCUT2D eigenvalue weighted by Gasteiger charge is 2.35. The summed E-state index contributed by atoms with van der Waals surface area (Å²) >= 11 is 6.01. The van der Waals surface area contributed by atoms with Crippen LogP contribution in [-0.4, -0.2) is 59.9 Å². The molecule has 36 heavy (non-hydrogen) atoms. The van der Waals surface area contributed by atoms with Crippen LogP contribution in [0.25, 0.3) is 0 Å². The van der Waals surface area contributed by atoms with E-state index in [0.29, 0.717) is 50.4 Å². The summed E-state index contributed by atoms with van der Waals surface area (Å²) in [6.07, 6.45) is -0.627. The van der Waals surface area contributed by atoms with E-state index in [9.17, 15) is 22.8 Å². The van der Waals surface area contributed by atoms with E-state index in [1.807, 2.05) is 0 Å². The Morgan fingerprint density at radius 1 is 1.28 bits per heavy atom. The lowest BCUT2D eigenvalue weighted by atomic mass is 10.1. The van der Waals surface area contributed by atoms with E-state index >= 15 is 0 Å². The van der Waals surface area contributed by atoms with Crippen molar-refractivity contribution in [3.8, 4) is 0 Å². The van der Waals surface area contributed by atoms with Gasteiger partial charge >= 0.3 is 6.18 Å². The summed E-state index contributed by atoms with van der Waals surface area (Å²) in [7, 11) is 3.42. The van der Waals surface area contributed by atoms with Gasteiger partial charge < -0.3 is 20.4 Å². The summed E-state index contributed by atoms with van der Waals surface area (Å²) in [6.45, 7) is 0.885. The highest BCUT2D eigenvalue weighted by atomic mass is 35.5. The van der Waals surface area contributed by atoms with E-state index in [2.05, 4.69) is 20.6 Å². The van der Waals surface area contributed by atoms with Crippen molar-refractivity contribution in [2.75, 3.05) is 37.4 Å². The molecule has 2 atom stereocenters. The smallest absolute Gasteiger partial charge is 0.367 e. The molecule has 4 rings (SSSR count). The van der Waals surface area contributed by atoms with Crippen LogP contribution in [0, 0.1) is 5.92 Å². The molecule has 1 aromatic carbocycles. The zero-order valence-corrected chi connectivity index (χ0v) is 20.8. The highest BCUT2D eigenvalue weighted by Crippen LogP contribution is 2.35. The molecule has 2 aliphatic rings. The molecule has 2 heterocycles. The molecule has 0 bridgehead atoms. The SMILES string of the molecule is CN(C)C(=O)C1CCC(NC(=O)c2cnc3c(n2)N(Cc2cc(Cl)ccc2C(F)(F)F)CCCN3)C1. The third-order valence-electron chi connectivity index (χ3n) is 6.48. The van der Waals surface area contributed by atoms with E-state index in [1.165, 1.54) is 18.3 Å². The normalized spacial score (nSPS) is 19.8. The van der Waals surface area contributed by atoms with Crippen LogP contribution in [0.5, 0.6) is 0 Å². The van der Waals surface area contributed by atoms with E-state index in [1.54, 1.807) is 23.9 Å². The molecule has 1 saturated carbocycles. The zero-order chi connectivity index (χ0) is 26.0. The van der Waals surface area contributed by atoms with Crippen LogP contribution in [0.4, 0.5) is 24.8 Å². The quantitative estimate of drug-likeness (QED) is 0.615. The first kappa shape index (κ1) is 26.0. The molecule has 1 fully saturated rings. The van der Waals surface area contributed by atoms with Crippen LogP contribution in [0.2, 0.25) is 5.02 Å². The third-order valence-corrected chi connectivity index (χ3v) is 6.71. The average molecular weight is 525 g/mol. The number of carbonyl (C=O) groups excluding carboxylic acids is 2. The van der Waals surface area contributed by atoms with Crippen LogP contribution in [0.1, 0.15) is 47.3 Å². The Balaban J connectivity index is 1.55. The largest absolute Gasteiger partial charge is 0.416 e. The van der Waals surface area contributed by atoms with E-state index in [-0.39, 0.29) is 40.7 Å². The van der Waals surface area contributed by atoms with Gasteiger partial charge in [0, 0.05) is 50.7 Å². The number of nitrogens with zero attached hydrogens (tertiary/aromatic N) is 4. The van der Waals surface area contributed by atoms with E-state index < -0.39 is 17.6 Å². The molecule has 2 unspecified atom stereocenters. The lowest BCUT2D eigenvalue weighted by Gasteiger charge is -2.25. The predicted molar refractivity (Wildman–Crippen MR) is 130 cm³/mol. The summed E-state index contributed by atoms with van der Waals surface area (Å²) in [5.41, 5.74) is -0.690. The number of rotatable bonds is 5. The highest BCUT2D eigenvalue weighted by molar-refractivity contribution is 6.30. The molecular weight excluding hydrogens is 497 g/mol. The Hall–Kier alpha value is -3.08. The average Bonchev–Trinajstić information content (AvgIpc) is 3.18. The molecule has 1 aromatic heterocycles. The number of benzene rings is 1. The summed E-state index contributed by atoms with van der Waals surface area (Å²) in [5, 5.41) is 6.25. The van der Waals surface area contributed by atoms with Crippen molar-refractivity contribution in [2.24, 2.45) is 5.92 Å². The minimum absolute atomic E-state index is 0.0158. The molecule has 2 amide bonds. The Kier molecular flexibility index (Phi) is 7.58. The van der Waals surface area contributed by atoms with Crippen LogP contribution in [0.3, 0.4) is 0 Å². The van der Waals surface area contributed by atoms with Gasteiger partial charge in [0.2, 0.25) is 5.91 Å². The predicted octanol–water partition coefficient (Wildman–Crippen LogP) is 3.96. The van der Waals surface area contributed by atoms with Gasteiger partial charge in [-0.15, -0.1) is 0 Å². The molecule has 0 radical (unpaired) electrons. The molecule has 8 nitrogen and oxygen atoms in total. The molecule has 0 saturated heterocycles. The number of carbonyl (C=O) groups is 2. The first-order chi connectivity index (χ1) is 17.0. The van der Waals surface area contributed by atoms with Gasteiger partial charge in [-0.1, -0.05) is 11.6 Å². The molecule has 1 aliphatic heterocycles. The summed E-state index contributed by atoms with van der Waals surface area (Å²) < 4.78 is 40.9. The summed E-state index contributed by atoms with van der Waals surface area (Å²) in [6, 6.07) is 3.33. The van der Waals surface area contributed by atoms with Crippen LogP contribution >= 0.6 is 11.6 Å². The number of aromatic nitrogens is 2. The van der Waals surface area contributed by atoms with Gasteiger partial charge in [-0.05, 0) is 49.4 Å². The fraction of sp³-hybridized carbons (Fsp3) is 0.500. The van der Waals surface area contributed by atoms with Crippen molar-refractivity contribution in [3.63, 3.8) is 0 Å². The first-order valence-corrected chi connectivity index (χ1v) is 12.1. The van der Waals surface area contributed by atoms with Crippen LogP contribution < -0.4 is 15.5 Å². The number of amides is 2. The molecule has 12 heteroatoms. The molecule has 0 spiro atoms. The minimum Gasteiger partial charge on any atom is -0.367 e. The van der Waals surface area contributed by atoms with Crippen molar-refractivity contribution < 1.29 is 22.8 Å². The first-order valence-electron chi connectivity index (χ1n) is 11.8. The Bertz CT molecular complexity index is 1140. The summed E-state index contributed by atoms with van der Waals surface area (Å²) in [4.78, 5) is 37.3. The monoisotopic (exact) mass is 524 g/mol. The van der Waals surface area contributed by atoms with Crippen LogP contribution in [-0.2, 0) is 17.5 Å². The maximum Gasteiger partial charge on any atom is 0.416 e. The number of nitrogens with one attached hydrogen (secondary N) is 2. The maximum atomic E-state index is 13.6. The number of hydrogen-bond donors (Lipinski definition) is 2. The number of halogens is 4. The summed E-state index contributed by atoms with van der Waals surface area (Å²) in [5.74, 6) is 0.176. The van der Waals surface area contributed by atoms with Crippen molar-refractivity contribution in [1.82, 2.24) is 20.2 Å². The van der Waals surface area contributed by atoms with Gasteiger partial charge in [0.25, 0.3) is 5.91 Å². The lowest BCUT2D eigenvalue weighted by molar-refractivity contribution is -0.138. The molecule has 2 aromatic rings. The Morgan fingerprint density at radius 2 is 2.06 bits per heavy atom. The standard InChI is InChI=1S/C24H28ClF3N6O2/c1-33(2)23(36)14-4-6-17(11-14)31-22(35)19-12-30-20-21(32-19)34(9-3-8-29-20)13-15-10-16(25)5-7-18(15)24(26,27)28/h5,7,10,12,14,17H,3-4,6,8-9,11,13H2,1-2H3,(H,29,30)(H,31,35). The van der Waals surface area contributed by atoms with Crippen molar-refractivity contribution in [1.29, 1.82) is 0 Å².